The van der Waals surface area contributed by atoms with Gasteiger partial charge in [0.25, 0.3) is 0 Å². The Kier molecular flexibility index (Phi) is 5.54. The highest BCUT2D eigenvalue weighted by Gasteiger charge is 2.18. The second-order valence-electron chi connectivity index (χ2n) is 4.65. The second kappa shape index (κ2) is 6.92. The van der Waals surface area contributed by atoms with Crippen LogP contribution in [0.1, 0.15) is 39.2 Å². The lowest BCUT2D eigenvalue weighted by atomic mass is 10.0. The SMILES string of the molecule is CCNc1ncnc(NC(C)C(=O)NC)c1C(C)C. The van der Waals surface area contributed by atoms with Crippen LogP contribution < -0.4 is 16.0 Å². The molecule has 0 bridgehead atoms. The molecule has 106 valence electrons. The third-order valence-corrected chi connectivity index (χ3v) is 2.80. The number of rotatable bonds is 6. The average molecular weight is 265 g/mol. The molecule has 0 aliphatic heterocycles. The Bertz CT molecular complexity index is 433. The van der Waals surface area contributed by atoms with Crippen LogP contribution in [0.15, 0.2) is 6.33 Å². The smallest absolute Gasteiger partial charge is 0.241 e. The van der Waals surface area contributed by atoms with E-state index in [0.717, 1.165) is 17.9 Å². The van der Waals surface area contributed by atoms with E-state index in [9.17, 15) is 4.79 Å². The molecule has 0 saturated carbocycles. The van der Waals surface area contributed by atoms with Crippen LogP contribution >= 0.6 is 0 Å². The first-order valence-electron chi connectivity index (χ1n) is 6.58. The van der Waals surface area contributed by atoms with Gasteiger partial charge in [-0.2, -0.15) is 0 Å². The Labute approximate surface area is 114 Å². The van der Waals surface area contributed by atoms with Gasteiger partial charge in [-0.05, 0) is 19.8 Å². The summed E-state index contributed by atoms with van der Waals surface area (Å²) in [6.45, 7) is 8.77. The molecule has 6 heteroatoms. The van der Waals surface area contributed by atoms with E-state index in [1.165, 1.54) is 6.33 Å². The summed E-state index contributed by atoms with van der Waals surface area (Å²) in [7, 11) is 1.62. The minimum absolute atomic E-state index is 0.0710. The number of amides is 1. The fourth-order valence-corrected chi connectivity index (χ4v) is 1.85. The molecule has 0 aromatic carbocycles. The summed E-state index contributed by atoms with van der Waals surface area (Å²) in [6, 6.07) is -0.341. The maximum Gasteiger partial charge on any atom is 0.241 e. The van der Waals surface area contributed by atoms with Gasteiger partial charge in [-0.15, -0.1) is 0 Å². The van der Waals surface area contributed by atoms with E-state index in [1.54, 1.807) is 14.0 Å². The third-order valence-electron chi connectivity index (χ3n) is 2.80. The molecule has 0 radical (unpaired) electrons. The number of carbonyl (C=O) groups excluding carboxylic acids is 1. The van der Waals surface area contributed by atoms with Crippen LogP contribution in [0.3, 0.4) is 0 Å². The van der Waals surface area contributed by atoms with Gasteiger partial charge in [-0.3, -0.25) is 4.79 Å². The van der Waals surface area contributed by atoms with Crippen molar-refractivity contribution in [3.05, 3.63) is 11.9 Å². The summed E-state index contributed by atoms with van der Waals surface area (Å²) in [5, 5.41) is 8.97. The van der Waals surface area contributed by atoms with Crippen LogP contribution in [0.2, 0.25) is 0 Å². The van der Waals surface area contributed by atoms with Crippen LogP contribution in [-0.4, -0.2) is 35.5 Å². The summed E-state index contributed by atoms with van der Waals surface area (Å²) < 4.78 is 0. The van der Waals surface area contributed by atoms with Crippen molar-refractivity contribution in [1.29, 1.82) is 0 Å². The van der Waals surface area contributed by atoms with Crippen molar-refractivity contribution in [2.24, 2.45) is 0 Å². The largest absolute Gasteiger partial charge is 0.370 e. The fourth-order valence-electron chi connectivity index (χ4n) is 1.85. The van der Waals surface area contributed by atoms with Crippen LogP contribution in [0.4, 0.5) is 11.6 Å². The zero-order chi connectivity index (χ0) is 14.4. The quantitative estimate of drug-likeness (QED) is 0.728. The number of nitrogens with one attached hydrogen (secondary N) is 3. The van der Waals surface area contributed by atoms with Crippen molar-refractivity contribution in [3.63, 3.8) is 0 Å². The van der Waals surface area contributed by atoms with Gasteiger partial charge in [0.05, 0.1) is 0 Å². The zero-order valence-corrected chi connectivity index (χ0v) is 12.2. The molecular formula is C13H23N5O. The Morgan fingerprint density at radius 2 is 1.89 bits per heavy atom. The van der Waals surface area contributed by atoms with E-state index in [4.69, 9.17) is 0 Å². The highest BCUT2D eigenvalue weighted by molar-refractivity contribution is 5.84. The number of carbonyl (C=O) groups is 1. The first-order chi connectivity index (χ1) is 9.01. The van der Waals surface area contributed by atoms with Crippen molar-refractivity contribution in [2.45, 2.75) is 39.7 Å². The fraction of sp³-hybridized carbons (Fsp3) is 0.615. The van der Waals surface area contributed by atoms with Gasteiger partial charge in [0.1, 0.15) is 24.0 Å². The summed E-state index contributed by atoms with van der Waals surface area (Å²) in [4.78, 5) is 20.1. The van der Waals surface area contributed by atoms with Gasteiger partial charge in [0.15, 0.2) is 0 Å². The van der Waals surface area contributed by atoms with Crippen LogP contribution in [0, 0.1) is 0 Å². The van der Waals surface area contributed by atoms with Gasteiger partial charge >= 0.3 is 0 Å². The highest BCUT2D eigenvalue weighted by atomic mass is 16.2. The van der Waals surface area contributed by atoms with Crippen molar-refractivity contribution < 1.29 is 4.79 Å². The van der Waals surface area contributed by atoms with Gasteiger partial charge < -0.3 is 16.0 Å². The Balaban J connectivity index is 3.06. The maximum atomic E-state index is 11.6. The molecule has 0 aliphatic carbocycles. The Hall–Kier alpha value is -1.85. The Morgan fingerprint density at radius 1 is 1.26 bits per heavy atom. The number of anilines is 2. The first-order valence-corrected chi connectivity index (χ1v) is 6.58. The lowest BCUT2D eigenvalue weighted by molar-refractivity contribution is -0.121. The van der Waals surface area contributed by atoms with Crippen LogP contribution in [0.5, 0.6) is 0 Å². The molecule has 1 atom stereocenters. The summed E-state index contributed by atoms with van der Waals surface area (Å²) in [6.07, 6.45) is 1.50. The van der Waals surface area contributed by atoms with Crippen LogP contribution in [0.25, 0.3) is 0 Å². The molecule has 19 heavy (non-hydrogen) atoms. The van der Waals surface area contributed by atoms with Gasteiger partial charge in [-0.25, -0.2) is 9.97 Å². The predicted molar refractivity (Wildman–Crippen MR) is 77.4 cm³/mol. The molecule has 0 aliphatic rings. The highest BCUT2D eigenvalue weighted by Crippen LogP contribution is 2.28. The maximum absolute atomic E-state index is 11.6. The monoisotopic (exact) mass is 265 g/mol. The van der Waals surface area contributed by atoms with Crippen molar-refractivity contribution >= 4 is 17.5 Å². The molecule has 1 amide bonds. The lowest BCUT2D eigenvalue weighted by Crippen LogP contribution is -2.35. The van der Waals surface area contributed by atoms with Crippen molar-refractivity contribution in [3.8, 4) is 0 Å². The van der Waals surface area contributed by atoms with Crippen molar-refractivity contribution in [1.82, 2.24) is 15.3 Å². The van der Waals surface area contributed by atoms with Gasteiger partial charge in [0.2, 0.25) is 5.91 Å². The van der Waals surface area contributed by atoms with E-state index in [-0.39, 0.29) is 17.9 Å². The summed E-state index contributed by atoms with van der Waals surface area (Å²) >= 11 is 0. The predicted octanol–water partition coefficient (Wildman–Crippen LogP) is 1.58. The molecule has 1 aromatic heterocycles. The summed E-state index contributed by atoms with van der Waals surface area (Å²) in [5.41, 5.74) is 1.00. The molecule has 1 unspecified atom stereocenters. The van der Waals surface area contributed by atoms with E-state index >= 15 is 0 Å². The molecule has 1 aromatic rings. The molecule has 1 heterocycles. The number of aromatic nitrogens is 2. The normalized spacial score (nSPS) is 12.1. The third kappa shape index (κ3) is 3.81. The topological polar surface area (TPSA) is 78.9 Å². The van der Waals surface area contributed by atoms with E-state index in [2.05, 4.69) is 39.8 Å². The molecule has 0 fully saturated rings. The van der Waals surface area contributed by atoms with E-state index < -0.39 is 0 Å². The molecular weight excluding hydrogens is 242 g/mol. The standard InChI is InChI=1S/C13H23N5O/c1-6-15-11-10(8(2)3)12(17-7-16-11)18-9(4)13(19)14-5/h7-9H,6H2,1-5H3,(H,14,19)(H2,15,16,17,18). The first kappa shape index (κ1) is 15.2. The molecule has 3 N–H and O–H groups in total. The summed E-state index contributed by atoms with van der Waals surface area (Å²) in [5.74, 6) is 1.71. The van der Waals surface area contributed by atoms with Gasteiger partial charge in [-0.1, -0.05) is 13.8 Å². The Morgan fingerprint density at radius 3 is 2.42 bits per heavy atom. The second-order valence-corrected chi connectivity index (χ2v) is 4.65. The van der Waals surface area contributed by atoms with Crippen molar-refractivity contribution in [2.75, 3.05) is 24.2 Å². The van der Waals surface area contributed by atoms with E-state index in [1.807, 2.05) is 6.92 Å². The zero-order valence-electron chi connectivity index (χ0n) is 12.2. The van der Waals surface area contributed by atoms with Crippen LogP contribution in [-0.2, 0) is 4.79 Å². The lowest BCUT2D eigenvalue weighted by Gasteiger charge is -2.20. The van der Waals surface area contributed by atoms with Gasteiger partial charge in [0, 0.05) is 19.2 Å². The number of hydrogen-bond donors (Lipinski definition) is 3. The molecule has 0 saturated heterocycles. The molecule has 0 spiro atoms. The average Bonchev–Trinajstić information content (AvgIpc) is 2.37. The number of likely N-dealkylation sites (N-methyl/N-ethyl adjacent to an activating group) is 1. The minimum Gasteiger partial charge on any atom is -0.370 e. The number of nitrogens with zero attached hydrogens (tertiary/aromatic N) is 2. The van der Waals surface area contributed by atoms with E-state index in [0.29, 0.717) is 5.82 Å². The molecule has 6 nitrogen and oxygen atoms in total. The molecule has 1 rings (SSSR count). The number of hydrogen-bond acceptors (Lipinski definition) is 5. The minimum atomic E-state index is -0.341.